The van der Waals surface area contributed by atoms with Crippen LogP contribution in [0, 0.1) is 0 Å². The number of ether oxygens (including phenoxy) is 1. The van der Waals surface area contributed by atoms with E-state index in [4.69, 9.17) is 23.2 Å². The molecule has 0 radical (unpaired) electrons. The van der Waals surface area contributed by atoms with Crippen LogP contribution in [0.15, 0.2) is 30.3 Å². The van der Waals surface area contributed by atoms with Crippen LogP contribution in [0.25, 0.3) is 0 Å². The molecule has 0 unspecified atom stereocenters. The van der Waals surface area contributed by atoms with Crippen LogP contribution >= 0.6 is 34.5 Å². The SMILES string of the molecule is COC(=O)Cc1ccc(C(=O)c2cccc(Cl)c2Cl)s1. The average Bonchev–Trinajstić information content (AvgIpc) is 2.89. The maximum absolute atomic E-state index is 12.3. The predicted octanol–water partition coefficient (Wildman–Crippen LogP) is 4.00. The van der Waals surface area contributed by atoms with E-state index in [1.165, 1.54) is 18.4 Å². The molecule has 0 fully saturated rings. The Morgan fingerprint density at radius 1 is 1.20 bits per heavy atom. The number of hydrogen-bond donors (Lipinski definition) is 0. The largest absolute Gasteiger partial charge is 0.469 e. The highest BCUT2D eigenvalue weighted by atomic mass is 35.5. The second-order valence-electron chi connectivity index (χ2n) is 3.95. The van der Waals surface area contributed by atoms with Crippen LogP contribution in [0.4, 0.5) is 0 Å². The van der Waals surface area contributed by atoms with Crippen LogP contribution in [0.5, 0.6) is 0 Å². The van der Waals surface area contributed by atoms with Crippen molar-refractivity contribution in [2.75, 3.05) is 7.11 Å². The number of carbonyl (C=O) groups excluding carboxylic acids is 2. The monoisotopic (exact) mass is 328 g/mol. The fourth-order valence-corrected chi connectivity index (χ4v) is 2.95. The zero-order chi connectivity index (χ0) is 14.7. The molecule has 6 heteroatoms. The summed E-state index contributed by atoms with van der Waals surface area (Å²) in [4.78, 5) is 24.8. The van der Waals surface area contributed by atoms with Crippen molar-refractivity contribution in [3.63, 3.8) is 0 Å². The van der Waals surface area contributed by atoms with Gasteiger partial charge in [-0.2, -0.15) is 0 Å². The number of esters is 1. The Bertz CT molecular complexity index is 664. The summed E-state index contributed by atoms with van der Waals surface area (Å²) in [6, 6.07) is 8.31. The summed E-state index contributed by atoms with van der Waals surface area (Å²) in [5.74, 6) is -0.551. The highest BCUT2D eigenvalue weighted by molar-refractivity contribution is 7.14. The number of benzene rings is 1. The molecule has 1 heterocycles. The molecule has 0 amide bonds. The van der Waals surface area contributed by atoms with Crippen molar-refractivity contribution >= 4 is 46.3 Å². The second kappa shape index (κ2) is 6.39. The highest BCUT2D eigenvalue weighted by Crippen LogP contribution is 2.29. The Labute approximate surface area is 130 Å². The zero-order valence-electron chi connectivity index (χ0n) is 10.5. The van der Waals surface area contributed by atoms with E-state index in [-0.39, 0.29) is 23.2 Å². The van der Waals surface area contributed by atoms with Gasteiger partial charge in [0.15, 0.2) is 0 Å². The third kappa shape index (κ3) is 3.20. The van der Waals surface area contributed by atoms with Gasteiger partial charge in [-0.1, -0.05) is 29.3 Å². The molecule has 104 valence electrons. The van der Waals surface area contributed by atoms with Crippen molar-refractivity contribution in [3.8, 4) is 0 Å². The highest BCUT2D eigenvalue weighted by Gasteiger charge is 2.17. The number of rotatable bonds is 4. The summed E-state index contributed by atoms with van der Waals surface area (Å²) in [7, 11) is 1.33. The van der Waals surface area contributed by atoms with Crippen molar-refractivity contribution in [1.82, 2.24) is 0 Å². The first-order chi connectivity index (χ1) is 9.52. The first-order valence-corrected chi connectivity index (χ1v) is 7.24. The minimum absolute atomic E-state index is 0.151. The molecule has 1 aromatic heterocycles. The van der Waals surface area contributed by atoms with Crippen molar-refractivity contribution < 1.29 is 14.3 Å². The summed E-state index contributed by atoms with van der Waals surface area (Å²) >= 11 is 13.2. The van der Waals surface area contributed by atoms with Crippen LogP contribution in [-0.4, -0.2) is 18.9 Å². The van der Waals surface area contributed by atoms with E-state index in [2.05, 4.69) is 4.74 Å². The van der Waals surface area contributed by atoms with Gasteiger partial charge < -0.3 is 4.74 Å². The summed E-state index contributed by atoms with van der Waals surface area (Å²) in [5.41, 5.74) is 0.352. The Morgan fingerprint density at radius 2 is 1.95 bits per heavy atom. The van der Waals surface area contributed by atoms with E-state index >= 15 is 0 Å². The Kier molecular flexibility index (Phi) is 4.81. The molecular weight excluding hydrogens is 319 g/mol. The number of hydrogen-bond acceptors (Lipinski definition) is 4. The first kappa shape index (κ1) is 15.0. The summed E-state index contributed by atoms with van der Waals surface area (Å²) in [6.45, 7) is 0. The smallest absolute Gasteiger partial charge is 0.310 e. The maximum Gasteiger partial charge on any atom is 0.310 e. The van der Waals surface area contributed by atoms with Gasteiger partial charge in [0.05, 0.1) is 28.5 Å². The van der Waals surface area contributed by atoms with E-state index in [9.17, 15) is 9.59 Å². The van der Waals surface area contributed by atoms with E-state index in [1.54, 1.807) is 30.3 Å². The Morgan fingerprint density at radius 3 is 2.65 bits per heavy atom. The van der Waals surface area contributed by atoms with Crippen molar-refractivity contribution in [2.24, 2.45) is 0 Å². The molecule has 0 spiro atoms. The Hall–Kier alpha value is -1.36. The van der Waals surface area contributed by atoms with Crippen LogP contribution in [0.1, 0.15) is 20.1 Å². The molecule has 3 nitrogen and oxygen atoms in total. The van der Waals surface area contributed by atoms with Gasteiger partial charge in [-0.25, -0.2) is 0 Å². The third-order valence-electron chi connectivity index (χ3n) is 2.63. The van der Waals surface area contributed by atoms with Crippen molar-refractivity contribution in [3.05, 3.63) is 55.7 Å². The summed E-state index contributed by atoms with van der Waals surface area (Å²) in [5, 5.41) is 0.575. The molecule has 0 N–H and O–H groups in total. The van der Waals surface area contributed by atoms with Crippen LogP contribution in [0.2, 0.25) is 10.0 Å². The van der Waals surface area contributed by atoms with E-state index < -0.39 is 0 Å². The Balaban J connectivity index is 2.26. The first-order valence-electron chi connectivity index (χ1n) is 5.67. The molecule has 0 aliphatic rings. The van der Waals surface area contributed by atoms with Crippen molar-refractivity contribution in [1.29, 1.82) is 0 Å². The molecule has 2 aromatic rings. The number of halogens is 2. The molecule has 20 heavy (non-hydrogen) atoms. The number of carbonyl (C=O) groups is 2. The third-order valence-corrected chi connectivity index (χ3v) is 4.53. The zero-order valence-corrected chi connectivity index (χ0v) is 12.8. The molecule has 0 saturated carbocycles. The quantitative estimate of drug-likeness (QED) is 0.629. The van der Waals surface area contributed by atoms with Crippen LogP contribution in [0.3, 0.4) is 0 Å². The van der Waals surface area contributed by atoms with Gasteiger partial charge in [0.2, 0.25) is 5.78 Å². The number of methoxy groups -OCH3 is 1. The van der Waals surface area contributed by atoms with E-state index in [0.29, 0.717) is 15.5 Å². The minimum Gasteiger partial charge on any atom is -0.469 e. The molecule has 0 aliphatic heterocycles. The molecule has 1 aromatic carbocycles. The lowest BCUT2D eigenvalue weighted by molar-refractivity contribution is -0.139. The standard InChI is InChI=1S/C14H10Cl2O3S/c1-19-12(17)7-8-5-6-11(20-8)14(18)9-3-2-4-10(15)13(9)16/h2-6H,7H2,1H3. The van der Waals surface area contributed by atoms with Crippen molar-refractivity contribution in [2.45, 2.75) is 6.42 Å². The molecule has 0 bridgehead atoms. The fraction of sp³-hybridized carbons (Fsp3) is 0.143. The minimum atomic E-state index is -0.341. The number of ketones is 1. The lowest BCUT2D eigenvalue weighted by Crippen LogP contribution is -2.02. The molecule has 0 saturated heterocycles. The molecular formula is C14H10Cl2O3S. The van der Waals surface area contributed by atoms with Gasteiger partial charge in [-0.3, -0.25) is 9.59 Å². The fourth-order valence-electron chi connectivity index (χ4n) is 1.62. The second-order valence-corrected chi connectivity index (χ2v) is 5.90. The van der Waals surface area contributed by atoms with E-state index in [1.807, 2.05) is 0 Å². The van der Waals surface area contributed by atoms with Crippen LogP contribution < -0.4 is 0 Å². The average molecular weight is 329 g/mol. The maximum atomic E-state index is 12.3. The summed E-state index contributed by atoms with van der Waals surface area (Å²) < 4.78 is 4.59. The molecule has 0 aliphatic carbocycles. The van der Waals surface area contributed by atoms with Gasteiger partial charge in [0, 0.05) is 10.4 Å². The lowest BCUT2D eigenvalue weighted by Gasteiger charge is -2.02. The van der Waals surface area contributed by atoms with Gasteiger partial charge in [-0.15, -0.1) is 11.3 Å². The van der Waals surface area contributed by atoms with Gasteiger partial charge in [0.25, 0.3) is 0 Å². The number of thiophene rings is 1. The van der Waals surface area contributed by atoms with Crippen LogP contribution in [-0.2, 0) is 16.0 Å². The van der Waals surface area contributed by atoms with E-state index in [0.717, 1.165) is 4.88 Å². The topological polar surface area (TPSA) is 43.4 Å². The van der Waals surface area contributed by atoms with Gasteiger partial charge in [-0.05, 0) is 24.3 Å². The molecule has 2 rings (SSSR count). The lowest BCUT2D eigenvalue weighted by atomic mass is 10.1. The van der Waals surface area contributed by atoms with Gasteiger partial charge >= 0.3 is 5.97 Å². The molecule has 0 atom stereocenters. The predicted molar refractivity (Wildman–Crippen MR) is 79.9 cm³/mol. The van der Waals surface area contributed by atoms with Gasteiger partial charge in [0.1, 0.15) is 0 Å². The summed E-state index contributed by atoms with van der Waals surface area (Å²) in [6.07, 6.45) is 0.151. The normalized spacial score (nSPS) is 10.3.